The number of hydrogen-bond donors (Lipinski definition) is 1. The van der Waals surface area contributed by atoms with Crippen LogP contribution in [0.1, 0.15) is 22.6 Å². The molecular formula is C28H23FO3. The average Bonchev–Trinajstić information content (AvgIpc) is 2.83. The molecule has 0 radical (unpaired) electrons. The lowest BCUT2D eigenvalue weighted by atomic mass is 9.86. The number of carboxylic acid groups (broad SMARTS) is 1. The lowest BCUT2D eigenvalue weighted by Crippen LogP contribution is -2.16. The zero-order valence-electron chi connectivity index (χ0n) is 17.4. The molecule has 0 saturated heterocycles. The van der Waals surface area contributed by atoms with Crippen LogP contribution in [-0.2, 0) is 17.8 Å². The highest BCUT2D eigenvalue weighted by Crippen LogP contribution is 2.33. The monoisotopic (exact) mass is 426 g/mol. The summed E-state index contributed by atoms with van der Waals surface area (Å²) >= 11 is 0. The molecule has 0 aliphatic carbocycles. The van der Waals surface area contributed by atoms with E-state index in [4.69, 9.17) is 4.74 Å². The Bertz CT molecular complexity index is 1170. The van der Waals surface area contributed by atoms with Crippen LogP contribution in [-0.4, -0.2) is 11.1 Å². The Morgan fingerprint density at radius 1 is 0.812 bits per heavy atom. The molecule has 0 saturated carbocycles. The van der Waals surface area contributed by atoms with Crippen LogP contribution >= 0.6 is 0 Å². The summed E-state index contributed by atoms with van der Waals surface area (Å²) in [6.07, 6.45) is 0.248. The maximum Gasteiger partial charge on any atom is 0.311 e. The SMILES string of the molecule is O=C(O)C(Cc1ccc(OCc2ccccc2)cc1)c1cc(F)ccc1-c1ccccc1. The van der Waals surface area contributed by atoms with E-state index in [0.29, 0.717) is 17.9 Å². The van der Waals surface area contributed by atoms with Crippen molar-refractivity contribution in [3.05, 3.63) is 126 Å². The predicted octanol–water partition coefficient (Wildman–Crippen LogP) is 6.48. The fraction of sp³-hybridized carbons (Fsp3) is 0.107. The van der Waals surface area contributed by atoms with Gasteiger partial charge in [-0.05, 0) is 58.5 Å². The van der Waals surface area contributed by atoms with Gasteiger partial charge in [-0.1, -0.05) is 78.9 Å². The Hall–Kier alpha value is -3.92. The van der Waals surface area contributed by atoms with Gasteiger partial charge in [-0.15, -0.1) is 0 Å². The van der Waals surface area contributed by atoms with E-state index >= 15 is 0 Å². The molecule has 0 amide bonds. The average molecular weight is 426 g/mol. The molecule has 4 aromatic carbocycles. The standard InChI is InChI=1S/C28H23FO3/c29-23-13-16-25(22-9-5-2-6-10-22)26(18-23)27(28(30)31)17-20-11-14-24(15-12-20)32-19-21-7-3-1-4-8-21/h1-16,18,27H,17,19H2,(H,30,31). The molecule has 0 aromatic heterocycles. The van der Waals surface area contributed by atoms with Crippen molar-refractivity contribution in [3.63, 3.8) is 0 Å². The van der Waals surface area contributed by atoms with Crippen LogP contribution in [0.3, 0.4) is 0 Å². The van der Waals surface area contributed by atoms with Crippen LogP contribution in [0.25, 0.3) is 11.1 Å². The molecule has 0 bridgehead atoms. The molecule has 4 heteroatoms. The predicted molar refractivity (Wildman–Crippen MR) is 123 cm³/mol. The number of carboxylic acids is 1. The summed E-state index contributed by atoms with van der Waals surface area (Å²) in [6.45, 7) is 0.460. The van der Waals surface area contributed by atoms with E-state index in [9.17, 15) is 14.3 Å². The smallest absolute Gasteiger partial charge is 0.311 e. The van der Waals surface area contributed by atoms with Crippen molar-refractivity contribution >= 4 is 5.97 Å². The molecule has 3 nitrogen and oxygen atoms in total. The zero-order valence-corrected chi connectivity index (χ0v) is 17.4. The molecule has 1 unspecified atom stereocenters. The fourth-order valence-electron chi connectivity index (χ4n) is 3.73. The van der Waals surface area contributed by atoms with Gasteiger partial charge in [0.1, 0.15) is 18.2 Å². The normalized spacial score (nSPS) is 11.7. The highest BCUT2D eigenvalue weighted by atomic mass is 19.1. The lowest BCUT2D eigenvalue weighted by molar-refractivity contribution is -0.138. The molecule has 1 N–H and O–H groups in total. The topological polar surface area (TPSA) is 46.5 Å². The summed E-state index contributed by atoms with van der Waals surface area (Å²) in [5, 5.41) is 9.97. The third-order valence-electron chi connectivity index (χ3n) is 5.38. The summed E-state index contributed by atoms with van der Waals surface area (Å²) in [6, 6.07) is 31.1. The van der Waals surface area contributed by atoms with Crippen LogP contribution in [0.15, 0.2) is 103 Å². The number of carbonyl (C=O) groups is 1. The third-order valence-corrected chi connectivity index (χ3v) is 5.38. The number of benzene rings is 4. The summed E-state index contributed by atoms with van der Waals surface area (Å²) in [5.74, 6) is -1.61. The number of ether oxygens (including phenoxy) is 1. The van der Waals surface area contributed by atoms with Gasteiger partial charge in [0.2, 0.25) is 0 Å². The van der Waals surface area contributed by atoms with Gasteiger partial charge in [0.25, 0.3) is 0 Å². The quantitative estimate of drug-likeness (QED) is 0.351. The van der Waals surface area contributed by atoms with Gasteiger partial charge in [-0.3, -0.25) is 4.79 Å². The van der Waals surface area contributed by atoms with Gasteiger partial charge >= 0.3 is 5.97 Å². The van der Waals surface area contributed by atoms with Gasteiger partial charge in [0.15, 0.2) is 0 Å². The van der Waals surface area contributed by atoms with E-state index in [1.54, 1.807) is 6.07 Å². The van der Waals surface area contributed by atoms with E-state index in [0.717, 1.165) is 22.3 Å². The lowest BCUT2D eigenvalue weighted by Gasteiger charge is -2.18. The Kier molecular flexibility index (Phi) is 6.61. The minimum atomic E-state index is -0.989. The van der Waals surface area contributed by atoms with Crippen LogP contribution in [0.4, 0.5) is 4.39 Å². The molecule has 0 spiro atoms. The van der Waals surface area contributed by atoms with Gasteiger partial charge in [0, 0.05) is 0 Å². The van der Waals surface area contributed by atoms with Gasteiger partial charge in [0.05, 0.1) is 5.92 Å². The fourth-order valence-corrected chi connectivity index (χ4v) is 3.73. The molecule has 32 heavy (non-hydrogen) atoms. The first kappa shape index (κ1) is 21.3. The van der Waals surface area contributed by atoms with E-state index in [1.165, 1.54) is 12.1 Å². The molecular weight excluding hydrogens is 403 g/mol. The largest absolute Gasteiger partial charge is 0.489 e. The maximum absolute atomic E-state index is 14.1. The minimum absolute atomic E-state index is 0.248. The second kappa shape index (κ2) is 9.92. The summed E-state index contributed by atoms with van der Waals surface area (Å²) in [7, 11) is 0. The van der Waals surface area contributed by atoms with Crippen molar-refractivity contribution in [1.29, 1.82) is 0 Å². The van der Waals surface area contributed by atoms with Crippen molar-refractivity contribution in [1.82, 2.24) is 0 Å². The first-order chi connectivity index (χ1) is 15.6. The molecule has 160 valence electrons. The van der Waals surface area contributed by atoms with Crippen LogP contribution in [0, 0.1) is 5.82 Å². The zero-order chi connectivity index (χ0) is 22.3. The highest BCUT2D eigenvalue weighted by molar-refractivity contribution is 5.81. The molecule has 0 aliphatic heterocycles. The van der Waals surface area contributed by atoms with Crippen molar-refractivity contribution < 1.29 is 19.0 Å². The number of hydrogen-bond acceptors (Lipinski definition) is 2. The van der Waals surface area contributed by atoms with Crippen molar-refractivity contribution in [2.24, 2.45) is 0 Å². The van der Waals surface area contributed by atoms with E-state index in [1.807, 2.05) is 84.9 Å². The van der Waals surface area contributed by atoms with E-state index in [2.05, 4.69) is 0 Å². The van der Waals surface area contributed by atoms with Crippen molar-refractivity contribution in [2.75, 3.05) is 0 Å². The molecule has 0 heterocycles. The highest BCUT2D eigenvalue weighted by Gasteiger charge is 2.24. The Balaban J connectivity index is 1.55. The number of halogens is 1. The summed E-state index contributed by atoms with van der Waals surface area (Å²) in [5.41, 5.74) is 3.96. The van der Waals surface area contributed by atoms with Crippen LogP contribution < -0.4 is 4.74 Å². The van der Waals surface area contributed by atoms with Gasteiger partial charge in [-0.2, -0.15) is 0 Å². The number of rotatable bonds is 8. The van der Waals surface area contributed by atoms with Crippen LogP contribution in [0.2, 0.25) is 0 Å². The molecule has 0 aliphatic rings. The first-order valence-corrected chi connectivity index (χ1v) is 10.4. The van der Waals surface area contributed by atoms with Crippen molar-refractivity contribution in [3.8, 4) is 16.9 Å². The van der Waals surface area contributed by atoms with Gasteiger partial charge < -0.3 is 9.84 Å². The Labute approximate surface area is 186 Å². The molecule has 4 aromatic rings. The van der Waals surface area contributed by atoms with Crippen LogP contribution in [0.5, 0.6) is 5.75 Å². The second-order valence-electron chi connectivity index (χ2n) is 7.61. The third kappa shape index (κ3) is 5.22. The minimum Gasteiger partial charge on any atom is -0.489 e. The summed E-state index contributed by atoms with van der Waals surface area (Å²) < 4.78 is 19.9. The van der Waals surface area contributed by atoms with E-state index < -0.39 is 17.7 Å². The first-order valence-electron chi connectivity index (χ1n) is 10.4. The summed E-state index contributed by atoms with van der Waals surface area (Å²) in [4.78, 5) is 12.2. The molecule has 4 rings (SSSR count). The second-order valence-corrected chi connectivity index (χ2v) is 7.61. The molecule has 1 atom stereocenters. The molecule has 0 fully saturated rings. The Morgan fingerprint density at radius 2 is 1.47 bits per heavy atom. The van der Waals surface area contributed by atoms with Crippen molar-refractivity contribution in [2.45, 2.75) is 18.9 Å². The van der Waals surface area contributed by atoms with Gasteiger partial charge in [-0.25, -0.2) is 4.39 Å². The van der Waals surface area contributed by atoms with E-state index in [-0.39, 0.29) is 6.42 Å². The number of aliphatic carboxylic acids is 1. The maximum atomic E-state index is 14.1. The Morgan fingerprint density at radius 3 is 2.12 bits per heavy atom.